The minimum Gasteiger partial charge on any atom is -0.468 e. The summed E-state index contributed by atoms with van der Waals surface area (Å²) in [5, 5.41) is 0. The molecule has 0 aliphatic carbocycles. The first kappa shape index (κ1) is 15.2. The van der Waals surface area contributed by atoms with Gasteiger partial charge in [-0.15, -0.1) is 0 Å². The van der Waals surface area contributed by atoms with Crippen LogP contribution in [0.1, 0.15) is 36.6 Å². The van der Waals surface area contributed by atoms with E-state index in [0.717, 1.165) is 51.1 Å². The molecule has 130 valence electrons. The molecule has 1 aromatic heterocycles. The second kappa shape index (κ2) is 5.73. The third-order valence-corrected chi connectivity index (χ3v) is 6.51. The molecule has 4 heterocycles. The summed E-state index contributed by atoms with van der Waals surface area (Å²) in [6.45, 7) is 2.75. The second-order valence-corrected chi connectivity index (χ2v) is 7.67. The summed E-state index contributed by atoms with van der Waals surface area (Å²) in [5.41, 5.74) is 1.05. The molecule has 1 spiro atoms. The van der Waals surface area contributed by atoms with E-state index >= 15 is 0 Å². The summed E-state index contributed by atoms with van der Waals surface area (Å²) in [5.74, 6) is 1.83. The van der Waals surface area contributed by atoms with Crippen LogP contribution in [0.5, 0.6) is 0 Å². The standard InChI is InChI=1S/C21H24N2O2/c24-20-21-10-5-11-23(21)18(19-8-4-13-25-19)14-17(21)15-22(20)12-9-16-6-2-1-3-7-16/h1-4,6-8,13,17-18H,5,9-12,14-15H2/t17-,18-,21-/m0/s1. The van der Waals surface area contributed by atoms with E-state index in [9.17, 15) is 4.79 Å². The van der Waals surface area contributed by atoms with Crippen LogP contribution in [0.3, 0.4) is 0 Å². The normalized spacial score (nSPS) is 31.5. The first-order valence-corrected chi connectivity index (χ1v) is 9.42. The fourth-order valence-electron chi connectivity index (χ4n) is 5.43. The summed E-state index contributed by atoms with van der Waals surface area (Å²) >= 11 is 0. The zero-order valence-electron chi connectivity index (χ0n) is 14.4. The van der Waals surface area contributed by atoms with Gasteiger partial charge in [0.2, 0.25) is 5.91 Å². The average Bonchev–Trinajstić information content (AvgIpc) is 3.38. The summed E-state index contributed by atoms with van der Waals surface area (Å²) < 4.78 is 5.69. The maximum atomic E-state index is 13.4. The molecule has 0 saturated carbocycles. The Hall–Kier alpha value is -2.07. The molecule has 0 bridgehead atoms. The maximum Gasteiger partial charge on any atom is 0.243 e. The van der Waals surface area contributed by atoms with Crippen LogP contribution in [-0.2, 0) is 11.2 Å². The molecule has 3 aliphatic rings. The zero-order valence-corrected chi connectivity index (χ0v) is 14.4. The van der Waals surface area contributed by atoms with Gasteiger partial charge in [0, 0.05) is 25.6 Å². The molecule has 1 amide bonds. The Morgan fingerprint density at radius 1 is 1.16 bits per heavy atom. The molecule has 3 saturated heterocycles. The number of nitrogens with zero attached hydrogens (tertiary/aromatic N) is 2. The smallest absolute Gasteiger partial charge is 0.243 e. The molecule has 2 aromatic rings. The lowest BCUT2D eigenvalue weighted by Gasteiger charge is -2.32. The Kier molecular flexibility index (Phi) is 3.49. The van der Waals surface area contributed by atoms with Crippen LogP contribution >= 0.6 is 0 Å². The van der Waals surface area contributed by atoms with Gasteiger partial charge in [-0.25, -0.2) is 0 Å². The van der Waals surface area contributed by atoms with Crippen molar-refractivity contribution in [2.75, 3.05) is 19.6 Å². The summed E-state index contributed by atoms with van der Waals surface area (Å²) in [4.78, 5) is 18.0. The first-order chi connectivity index (χ1) is 12.3. The molecule has 3 fully saturated rings. The number of furan rings is 1. The highest BCUT2D eigenvalue weighted by Crippen LogP contribution is 2.55. The lowest BCUT2D eigenvalue weighted by atomic mass is 9.85. The van der Waals surface area contributed by atoms with Crippen LogP contribution in [0.2, 0.25) is 0 Å². The Morgan fingerprint density at radius 3 is 2.84 bits per heavy atom. The van der Waals surface area contributed by atoms with Crippen molar-refractivity contribution in [1.29, 1.82) is 0 Å². The predicted molar refractivity (Wildman–Crippen MR) is 95.0 cm³/mol. The Balaban J connectivity index is 1.36. The van der Waals surface area contributed by atoms with E-state index in [0.29, 0.717) is 11.8 Å². The van der Waals surface area contributed by atoms with Crippen molar-refractivity contribution >= 4 is 5.91 Å². The number of carbonyl (C=O) groups is 1. The number of rotatable bonds is 4. The molecule has 1 aromatic carbocycles. The highest BCUT2D eigenvalue weighted by atomic mass is 16.3. The Bertz CT molecular complexity index is 757. The molecular formula is C21H24N2O2. The molecule has 4 nitrogen and oxygen atoms in total. The topological polar surface area (TPSA) is 36.7 Å². The van der Waals surface area contributed by atoms with Crippen LogP contribution < -0.4 is 0 Å². The number of benzene rings is 1. The maximum absolute atomic E-state index is 13.4. The van der Waals surface area contributed by atoms with E-state index in [1.165, 1.54) is 5.56 Å². The predicted octanol–water partition coefficient (Wildman–Crippen LogP) is 3.26. The number of hydrogen-bond donors (Lipinski definition) is 0. The number of carbonyl (C=O) groups excluding carboxylic acids is 1. The molecule has 0 radical (unpaired) electrons. The molecule has 25 heavy (non-hydrogen) atoms. The van der Waals surface area contributed by atoms with Gasteiger partial charge in [0.25, 0.3) is 0 Å². The van der Waals surface area contributed by atoms with Crippen LogP contribution in [0.25, 0.3) is 0 Å². The van der Waals surface area contributed by atoms with E-state index in [1.54, 1.807) is 6.26 Å². The average molecular weight is 336 g/mol. The van der Waals surface area contributed by atoms with E-state index in [1.807, 2.05) is 12.1 Å². The van der Waals surface area contributed by atoms with Crippen molar-refractivity contribution in [3.63, 3.8) is 0 Å². The van der Waals surface area contributed by atoms with Crippen molar-refractivity contribution in [3.8, 4) is 0 Å². The third-order valence-electron chi connectivity index (χ3n) is 6.51. The fraction of sp³-hybridized carbons (Fsp3) is 0.476. The minimum absolute atomic E-state index is 0.256. The highest BCUT2D eigenvalue weighted by molar-refractivity contribution is 5.90. The SMILES string of the molecule is O=C1N(CCc2ccccc2)C[C@@H]2C[C@@H](c3ccco3)N3CCC[C@@]123. The van der Waals surface area contributed by atoms with Crippen LogP contribution in [0, 0.1) is 5.92 Å². The Labute approximate surface area is 148 Å². The van der Waals surface area contributed by atoms with E-state index in [2.05, 4.69) is 40.1 Å². The summed E-state index contributed by atoms with van der Waals surface area (Å²) in [7, 11) is 0. The van der Waals surface area contributed by atoms with Crippen molar-refractivity contribution in [2.24, 2.45) is 5.92 Å². The molecule has 0 N–H and O–H groups in total. The van der Waals surface area contributed by atoms with Crippen LogP contribution in [-0.4, -0.2) is 40.9 Å². The quantitative estimate of drug-likeness (QED) is 0.860. The number of amides is 1. The monoisotopic (exact) mass is 336 g/mol. The largest absolute Gasteiger partial charge is 0.468 e. The lowest BCUT2D eigenvalue weighted by Crippen LogP contribution is -2.49. The first-order valence-electron chi connectivity index (χ1n) is 9.42. The fourth-order valence-corrected chi connectivity index (χ4v) is 5.43. The van der Waals surface area contributed by atoms with Gasteiger partial charge < -0.3 is 9.32 Å². The van der Waals surface area contributed by atoms with Gasteiger partial charge in [-0.3, -0.25) is 9.69 Å². The van der Waals surface area contributed by atoms with Crippen molar-refractivity contribution < 1.29 is 9.21 Å². The van der Waals surface area contributed by atoms with Gasteiger partial charge in [-0.2, -0.15) is 0 Å². The summed E-state index contributed by atoms with van der Waals surface area (Å²) in [6.07, 6.45) is 5.86. The molecule has 4 heteroatoms. The van der Waals surface area contributed by atoms with Gasteiger partial charge in [-0.1, -0.05) is 30.3 Å². The zero-order chi connectivity index (χ0) is 16.9. The van der Waals surface area contributed by atoms with Crippen LogP contribution in [0.15, 0.2) is 53.1 Å². The van der Waals surface area contributed by atoms with E-state index < -0.39 is 0 Å². The Morgan fingerprint density at radius 2 is 2.04 bits per heavy atom. The van der Waals surface area contributed by atoms with Gasteiger partial charge in [0.05, 0.1) is 12.3 Å². The van der Waals surface area contributed by atoms with Gasteiger partial charge >= 0.3 is 0 Å². The molecule has 5 rings (SSSR count). The van der Waals surface area contributed by atoms with Gasteiger partial charge in [0.1, 0.15) is 11.3 Å². The lowest BCUT2D eigenvalue weighted by molar-refractivity contribution is -0.137. The van der Waals surface area contributed by atoms with Gasteiger partial charge in [-0.05, 0) is 43.4 Å². The molecule has 0 unspecified atom stereocenters. The van der Waals surface area contributed by atoms with Crippen LogP contribution in [0.4, 0.5) is 0 Å². The number of hydrogen-bond acceptors (Lipinski definition) is 3. The molecular weight excluding hydrogens is 312 g/mol. The van der Waals surface area contributed by atoms with E-state index in [-0.39, 0.29) is 11.6 Å². The molecule has 3 atom stereocenters. The molecule has 3 aliphatic heterocycles. The van der Waals surface area contributed by atoms with Crippen molar-refractivity contribution in [3.05, 3.63) is 60.1 Å². The second-order valence-electron chi connectivity index (χ2n) is 7.67. The third kappa shape index (κ3) is 2.20. The van der Waals surface area contributed by atoms with E-state index in [4.69, 9.17) is 4.42 Å². The number of likely N-dealkylation sites (tertiary alicyclic amines) is 1. The van der Waals surface area contributed by atoms with Crippen molar-refractivity contribution in [1.82, 2.24) is 9.80 Å². The highest BCUT2D eigenvalue weighted by Gasteiger charge is 2.65. The minimum atomic E-state index is -0.256. The van der Waals surface area contributed by atoms with Gasteiger partial charge in [0.15, 0.2) is 0 Å². The summed E-state index contributed by atoms with van der Waals surface area (Å²) in [6, 6.07) is 14.8. The van der Waals surface area contributed by atoms with Crippen molar-refractivity contribution in [2.45, 2.75) is 37.3 Å².